The molecule has 0 fully saturated rings. The summed E-state index contributed by atoms with van der Waals surface area (Å²) in [6.45, 7) is 4.29. The maximum atomic E-state index is 10.7. The SMILES string of the molecule is CCCCCCCCc1cc(C)cc(-n2nc3ccccc3n2)c1O. The number of hydrogen-bond acceptors (Lipinski definition) is 3. The summed E-state index contributed by atoms with van der Waals surface area (Å²) >= 11 is 0. The Labute approximate surface area is 149 Å². The maximum absolute atomic E-state index is 10.7. The van der Waals surface area contributed by atoms with Crippen LogP contribution in [0.3, 0.4) is 0 Å². The monoisotopic (exact) mass is 337 g/mol. The van der Waals surface area contributed by atoms with Crippen molar-refractivity contribution in [1.82, 2.24) is 15.0 Å². The van der Waals surface area contributed by atoms with Gasteiger partial charge in [-0.05, 0) is 49.1 Å². The van der Waals surface area contributed by atoms with Gasteiger partial charge in [0.15, 0.2) is 0 Å². The molecular formula is C21H27N3O. The molecular weight excluding hydrogens is 310 g/mol. The molecule has 2 aromatic carbocycles. The molecule has 1 N–H and O–H groups in total. The van der Waals surface area contributed by atoms with Gasteiger partial charge in [0, 0.05) is 0 Å². The number of aromatic nitrogens is 3. The molecule has 1 heterocycles. The minimum atomic E-state index is 0.305. The van der Waals surface area contributed by atoms with Crippen molar-refractivity contribution in [1.29, 1.82) is 0 Å². The molecule has 0 amide bonds. The normalized spacial score (nSPS) is 11.3. The summed E-state index contributed by atoms with van der Waals surface area (Å²) in [4.78, 5) is 1.55. The average Bonchev–Trinajstić information content (AvgIpc) is 3.04. The lowest BCUT2D eigenvalue weighted by Crippen LogP contribution is -2.02. The number of phenolic OH excluding ortho intramolecular Hbond substituents is 1. The Hall–Kier alpha value is -2.36. The molecule has 132 valence electrons. The molecule has 3 aromatic rings. The highest BCUT2D eigenvalue weighted by Crippen LogP contribution is 2.29. The van der Waals surface area contributed by atoms with Gasteiger partial charge in [0.2, 0.25) is 0 Å². The molecule has 0 aliphatic carbocycles. The second-order valence-corrected chi connectivity index (χ2v) is 6.79. The van der Waals surface area contributed by atoms with Crippen molar-refractivity contribution in [2.24, 2.45) is 0 Å². The first-order chi connectivity index (χ1) is 12.2. The maximum Gasteiger partial charge on any atom is 0.146 e. The Morgan fingerprint density at radius 2 is 1.56 bits per heavy atom. The van der Waals surface area contributed by atoms with Gasteiger partial charge in [-0.1, -0.05) is 57.2 Å². The summed E-state index contributed by atoms with van der Waals surface area (Å²) in [7, 11) is 0. The zero-order chi connectivity index (χ0) is 17.6. The molecule has 0 aliphatic heterocycles. The molecule has 0 atom stereocenters. The van der Waals surface area contributed by atoms with E-state index in [2.05, 4.69) is 30.1 Å². The van der Waals surface area contributed by atoms with Crippen molar-refractivity contribution in [3.8, 4) is 11.4 Å². The van der Waals surface area contributed by atoms with Gasteiger partial charge >= 0.3 is 0 Å². The molecule has 4 nitrogen and oxygen atoms in total. The highest BCUT2D eigenvalue weighted by Gasteiger charge is 2.13. The van der Waals surface area contributed by atoms with Crippen LogP contribution in [-0.4, -0.2) is 20.1 Å². The largest absolute Gasteiger partial charge is 0.505 e. The van der Waals surface area contributed by atoms with E-state index in [9.17, 15) is 5.11 Å². The Balaban J connectivity index is 1.77. The molecule has 0 radical (unpaired) electrons. The minimum Gasteiger partial charge on any atom is -0.505 e. The van der Waals surface area contributed by atoms with Crippen LogP contribution < -0.4 is 0 Å². The van der Waals surface area contributed by atoms with Crippen LogP contribution in [0.4, 0.5) is 0 Å². The fourth-order valence-electron chi connectivity index (χ4n) is 3.24. The van der Waals surface area contributed by atoms with Crippen LogP contribution >= 0.6 is 0 Å². The van der Waals surface area contributed by atoms with Crippen LogP contribution in [0.15, 0.2) is 36.4 Å². The minimum absolute atomic E-state index is 0.305. The molecule has 0 saturated carbocycles. The first-order valence-electron chi connectivity index (χ1n) is 9.34. The quantitative estimate of drug-likeness (QED) is 0.565. The lowest BCUT2D eigenvalue weighted by molar-refractivity contribution is 0.458. The van der Waals surface area contributed by atoms with E-state index < -0.39 is 0 Å². The van der Waals surface area contributed by atoms with Gasteiger partial charge in [0.1, 0.15) is 22.5 Å². The smallest absolute Gasteiger partial charge is 0.146 e. The first kappa shape index (κ1) is 17.5. The summed E-state index contributed by atoms with van der Waals surface area (Å²) in [5.41, 5.74) is 4.45. The Bertz CT molecular complexity index is 805. The van der Waals surface area contributed by atoms with Gasteiger partial charge in [-0.3, -0.25) is 0 Å². The van der Waals surface area contributed by atoms with Crippen molar-refractivity contribution < 1.29 is 5.11 Å². The van der Waals surface area contributed by atoms with Crippen molar-refractivity contribution in [3.63, 3.8) is 0 Å². The van der Waals surface area contributed by atoms with E-state index in [1.165, 1.54) is 32.1 Å². The molecule has 3 rings (SSSR count). The number of aryl methyl sites for hydroxylation is 2. The van der Waals surface area contributed by atoms with Crippen LogP contribution in [0.2, 0.25) is 0 Å². The second kappa shape index (κ2) is 8.15. The molecule has 0 bridgehead atoms. The second-order valence-electron chi connectivity index (χ2n) is 6.79. The van der Waals surface area contributed by atoms with Crippen LogP contribution in [0.5, 0.6) is 5.75 Å². The fraction of sp³-hybridized carbons (Fsp3) is 0.429. The topological polar surface area (TPSA) is 50.9 Å². The predicted octanol–water partition coefficient (Wildman–Crippen LogP) is 5.34. The molecule has 0 saturated heterocycles. The summed E-state index contributed by atoms with van der Waals surface area (Å²) in [5.74, 6) is 0.305. The Kier molecular flexibility index (Phi) is 5.69. The number of hydrogen-bond donors (Lipinski definition) is 1. The number of rotatable bonds is 8. The van der Waals surface area contributed by atoms with Crippen LogP contribution in [0, 0.1) is 6.92 Å². The summed E-state index contributed by atoms with van der Waals surface area (Å²) in [6.07, 6.45) is 8.39. The molecule has 4 heteroatoms. The third-order valence-corrected chi connectivity index (χ3v) is 4.61. The Morgan fingerprint density at radius 1 is 0.920 bits per heavy atom. The highest BCUT2D eigenvalue weighted by molar-refractivity contribution is 5.73. The average molecular weight is 337 g/mol. The summed E-state index contributed by atoms with van der Waals surface area (Å²) in [6, 6.07) is 11.8. The van der Waals surface area contributed by atoms with Gasteiger partial charge in [0.05, 0.1) is 0 Å². The summed E-state index contributed by atoms with van der Waals surface area (Å²) in [5, 5.41) is 19.7. The van der Waals surface area contributed by atoms with Gasteiger partial charge in [-0.2, -0.15) is 0 Å². The number of unbranched alkanes of at least 4 members (excludes halogenated alkanes) is 5. The van der Waals surface area contributed by atoms with Crippen molar-refractivity contribution in [3.05, 3.63) is 47.5 Å². The van der Waals surface area contributed by atoms with Crippen LogP contribution in [0.25, 0.3) is 16.7 Å². The number of fused-ring (bicyclic) bond motifs is 1. The van der Waals surface area contributed by atoms with Gasteiger partial charge < -0.3 is 5.11 Å². The molecule has 0 aliphatic rings. The van der Waals surface area contributed by atoms with Crippen molar-refractivity contribution in [2.75, 3.05) is 0 Å². The van der Waals surface area contributed by atoms with Gasteiger partial charge in [-0.15, -0.1) is 15.0 Å². The molecule has 0 spiro atoms. The third-order valence-electron chi connectivity index (χ3n) is 4.61. The highest BCUT2D eigenvalue weighted by atomic mass is 16.3. The van der Waals surface area contributed by atoms with E-state index in [0.717, 1.165) is 35.0 Å². The number of aromatic hydroxyl groups is 1. The lowest BCUT2D eigenvalue weighted by atomic mass is 10.0. The Morgan fingerprint density at radius 3 is 2.24 bits per heavy atom. The van der Waals surface area contributed by atoms with E-state index in [4.69, 9.17) is 0 Å². The van der Waals surface area contributed by atoms with Crippen LogP contribution in [0.1, 0.15) is 56.6 Å². The number of phenols is 1. The van der Waals surface area contributed by atoms with E-state index in [1.807, 2.05) is 30.3 Å². The van der Waals surface area contributed by atoms with E-state index in [-0.39, 0.29) is 0 Å². The van der Waals surface area contributed by atoms with Crippen molar-refractivity contribution in [2.45, 2.75) is 58.8 Å². The van der Waals surface area contributed by atoms with Crippen molar-refractivity contribution >= 4 is 11.0 Å². The standard InChI is InChI=1S/C21H27N3O/c1-3-4-5-6-7-8-11-17-14-16(2)15-20(21(17)25)24-22-18-12-9-10-13-19(18)23-24/h9-10,12-15,25H,3-8,11H2,1-2H3. The summed E-state index contributed by atoms with van der Waals surface area (Å²) < 4.78 is 0. The third kappa shape index (κ3) is 4.19. The van der Waals surface area contributed by atoms with E-state index in [1.54, 1.807) is 4.80 Å². The van der Waals surface area contributed by atoms with Gasteiger partial charge in [0.25, 0.3) is 0 Å². The fourth-order valence-corrected chi connectivity index (χ4v) is 3.24. The van der Waals surface area contributed by atoms with Gasteiger partial charge in [-0.25, -0.2) is 0 Å². The predicted molar refractivity (Wildman–Crippen MR) is 102 cm³/mol. The van der Waals surface area contributed by atoms with Crippen LogP contribution in [-0.2, 0) is 6.42 Å². The van der Waals surface area contributed by atoms with E-state index >= 15 is 0 Å². The zero-order valence-corrected chi connectivity index (χ0v) is 15.2. The number of benzene rings is 2. The lowest BCUT2D eigenvalue weighted by Gasteiger charge is -2.11. The number of nitrogens with zero attached hydrogens (tertiary/aromatic N) is 3. The zero-order valence-electron chi connectivity index (χ0n) is 15.2. The van der Waals surface area contributed by atoms with E-state index in [0.29, 0.717) is 11.4 Å². The molecule has 1 aromatic heterocycles. The molecule has 25 heavy (non-hydrogen) atoms. The first-order valence-corrected chi connectivity index (χ1v) is 9.34. The molecule has 0 unspecified atom stereocenters.